The Bertz CT molecular complexity index is 720. The Morgan fingerprint density at radius 2 is 1.18 bits per heavy atom. The fraction of sp³-hybridized carbons (Fsp3) is 0.667. The van der Waals surface area contributed by atoms with E-state index in [0.717, 1.165) is 0 Å². The summed E-state index contributed by atoms with van der Waals surface area (Å²) in [4.78, 5) is 70.3. The molecule has 0 fully saturated rings. The van der Waals surface area contributed by atoms with Gasteiger partial charge in [-0.2, -0.15) is 11.8 Å². The highest BCUT2D eigenvalue weighted by Crippen LogP contribution is 2.06. The topological polar surface area (TPSA) is 245 Å². The number of rotatable bonds is 17. The summed E-state index contributed by atoms with van der Waals surface area (Å²) in [6, 6.07) is -5.50. The van der Waals surface area contributed by atoms with Gasteiger partial charge in [0.15, 0.2) is 0 Å². The summed E-state index contributed by atoms with van der Waals surface area (Å²) < 4.78 is 0. The third-order valence-electron chi connectivity index (χ3n) is 4.32. The lowest BCUT2D eigenvalue weighted by atomic mass is 10.1. The van der Waals surface area contributed by atoms with Gasteiger partial charge in [-0.15, -0.1) is 0 Å². The standard InChI is InChI=1S/C18H30N4O10S/c1-33-7-6-11(20-15(28)9(19)8-23)17(30)21-10(2-4-13(24)25)16(29)22-12(18(31)32)3-5-14(26)27/h9-12,23H,2-8,19H2,1H3,(H,20,28)(H,21,30)(H,22,29)(H,24,25)(H,26,27)(H,31,32). The van der Waals surface area contributed by atoms with Crippen LogP contribution in [0.1, 0.15) is 32.1 Å². The van der Waals surface area contributed by atoms with Crippen LogP contribution in [-0.4, -0.2) is 98.8 Å². The molecular formula is C18H30N4O10S. The smallest absolute Gasteiger partial charge is 0.326 e. The van der Waals surface area contributed by atoms with E-state index < -0.39 is 92.1 Å². The summed E-state index contributed by atoms with van der Waals surface area (Å²) in [6.07, 6.45) is -0.0260. The zero-order chi connectivity index (χ0) is 25.6. The van der Waals surface area contributed by atoms with Crippen molar-refractivity contribution in [2.45, 2.75) is 56.3 Å². The number of aliphatic hydroxyl groups is 1. The van der Waals surface area contributed by atoms with E-state index in [0.29, 0.717) is 5.75 Å². The highest BCUT2D eigenvalue weighted by atomic mass is 32.2. The van der Waals surface area contributed by atoms with Gasteiger partial charge in [0.2, 0.25) is 17.7 Å². The molecule has 0 aromatic carbocycles. The molecule has 0 aliphatic carbocycles. The van der Waals surface area contributed by atoms with Crippen LogP contribution in [0.25, 0.3) is 0 Å². The zero-order valence-electron chi connectivity index (χ0n) is 18.0. The fourth-order valence-corrected chi connectivity index (χ4v) is 2.94. The van der Waals surface area contributed by atoms with Gasteiger partial charge < -0.3 is 42.1 Å². The quantitative estimate of drug-likeness (QED) is 0.103. The monoisotopic (exact) mass is 494 g/mol. The van der Waals surface area contributed by atoms with Crippen LogP contribution >= 0.6 is 11.8 Å². The van der Waals surface area contributed by atoms with Gasteiger partial charge in [0.05, 0.1) is 6.61 Å². The summed E-state index contributed by atoms with van der Waals surface area (Å²) in [5.74, 6) is -6.31. The lowest BCUT2D eigenvalue weighted by Crippen LogP contribution is -2.57. The molecule has 0 rings (SSSR count). The lowest BCUT2D eigenvalue weighted by Gasteiger charge is -2.24. The van der Waals surface area contributed by atoms with Crippen LogP contribution in [-0.2, 0) is 28.8 Å². The maximum atomic E-state index is 12.7. The van der Waals surface area contributed by atoms with Crippen LogP contribution in [0, 0.1) is 0 Å². The molecule has 4 unspecified atom stereocenters. The van der Waals surface area contributed by atoms with Crippen LogP contribution < -0.4 is 21.7 Å². The average Bonchev–Trinajstić information content (AvgIpc) is 2.74. The molecule has 14 nitrogen and oxygen atoms in total. The van der Waals surface area contributed by atoms with Crippen molar-refractivity contribution in [3.63, 3.8) is 0 Å². The molecule has 0 saturated heterocycles. The molecule has 9 N–H and O–H groups in total. The number of thioether (sulfide) groups is 1. The van der Waals surface area contributed by atoms with E-state index >= 15 is 0 Å². The van der Waals surface area contributed by atoms with E-state index in [1.54, 1.807) is 6.26 Å². The molecule has 0 bridgehead atoms. The number of hydrogen-bond donors (Lipinski definition) is 8. The molecule has 15 heteroatoms. The predicted octanol–water partition coefficient (Wildman–Crippen LogP) is -2.67. The normalized spacial score (nSPS) is 14.3. The van der Waals surface area contributed by atoms with Crippen molar-refractivity contribution in [3.05, 3.63) is 0 Å². The van der Waals surface area contributed by atoms with E-state index in [9.17, 15) is 33.9 Å². The van der Waals surface area contributed by atoms with E-state index in [2.05, 4.69) is 16.0 Å². The number of aliphatic hydroxyl groups excluding tert-OH is 1. The number of aliphatic carboxylic acids is 3. The summed E-state index contributed by atoms with van der Waals surface area (Å²) in [6.45, 7) is -0.667. The number of carboxylic acids is 3. The molecule has 0 radical (unpaired) electrons. The Kier molecular flexibility index (Phi) is 14.4. The number of amides is 3. The molecule has 0 spiro atoms. The third-order valence-corrected chi connectivity index (χ3v) is 4.96. The lowest BCUT2D eigenvalue weighted by molar-refractivity contribution is -0.144. The number of nitrogens with one attached hydrogen (secondary N) is 3. The van der Waals surface area contributed by atoms with Gasteiger partial charge in [-0.25, -0.2) is 4.79 Å². The van der Waals surface area contributed by atoms with E-state index in [1.165, 1.54) is 11.8 Å². The van der Waals surface area contributed by atoms with Gasteiger partial charge in [0.25, 0.3) is 0 Å². The van der Waals surface area contributed by atoms with Crippen LogP contribution in [0.15, 0.2) is 0 Å². The third kappa shape index (κ3) is 12.6. The van der Waals surface area contributed by atoms with Crippen LogP contribution in [0.4, 0.5) is 0 Å². The first-order valence-corrected chi connectivity index (χ1v) is 11.2. The van der Waals surface area contributed by atoms with Crippen LogP contribution in [0.5, 0.6) is 0 Å². The number of carbonyl (C=O) groups is 6. The summed E-state index contributed by atoms with van der Waals surface area (Å²) in [7, 11) is 0. The predicted molar refractivity (Wildman–Crippen MR) is 115 cm³/mol. The molecule has 4 atom stereocenters. The Hall–Kier alpha value is -2.91. The van der Waals surface area contributed by atoms with Crippen LogP contribution in [0.3, 0.4) is 0 Å². The second-order valence-corrected chi connectivity index (χ2v) is 7.94. The molecular weight excluding hydrogens is 464 g/mol. The Labute approximate surface area is 193 Å². The highest BCUT2D eigenvalue weighted by molar-refractivity contribution is 7.98. The first kappa shape index (κ1) is 30.1. The minimum Gasteiger partial charge on any atom is -0.481 e. The number of nitrogens with two attached hydrogens (primary N) is 1. The first-order chi connectivity index (χ1) is 15.4. The van der Waals surface area contributed by atoms with Crippen molar-refractivity contribution in [2.24, 2.45) is 5.73 Å². The van der Waals surface area contributed by atoms with Crippen molar-refractivity contribution in [3.8, 4) is 0 Å². The van der Waals surface area contributed by atoms with Gasteiger partial charge in [-0.1, -0.05) is 0 Å². The molecule has 0 aromatic heterocycles. The number of hydrogen-bond acceptors (Lipinski definition) is 9. The SMILES string of the molecule is CSCCC(NC(=O)C(N)CO)C(=O)NC(CCC(=O)O)C(=O)NC(CCC(=O)O)C(=O)O. The van der Waals surface area contributed by atoms with Crippen molar-refractivity contribution >= 4 is 47.4 Å². The van der Waals surface area contributed by atoms with Crippen molar-refractivity contribution in [2.75, 3.05) is 18.6 Å². The second kappa shape index (κ2) is 15.8. The zero-order valence-corrected chi connectivity index (χ0v) is 18.8. The molecule has 0 saturated carbocycles. The molecule has 0 aliphatic rings. The molecule has 0 aliphatic heterocycles. The maximum Gasteiger partial charge on any atom is 0.326 e. The maximum absolute atomic E-state index is 12.7. The Morgan fingerprint density at radius 1 is 0.758 bits per heavy atom. The molecule has 0 aromatic rings. The van der Waals surface area contributed by atoms with Crippen LogP contribution in [0.2, 0.25) is 0 Å². The van der Waals surface area contributed by atoms with E-state index in [-0.39, 0.29) is 6.42 Å². The minimum atomic E-state index is -1.58. The van der Waals surface area contributed by atoms with Crippen molar-refractivity contribution in [1.82, 2.24) is 16.0 Å². The summed E-state index contributed by atoms with van der Waals surface area (Å²) in [5, 5.41) is 42.6. The number of carboxylic acid groups (broad SMARTS) is 3. The van der Waals surface area contributed by atoms with E-state index in [1.807, 2.05) is 0 Å². The highest BCUT2D eigenvalue weighted by Gasteiger charge is 2.30. The number of carbonyl (C=O) groups excluding carboxylic acids is 3. The van der Waals surface area contributed by atoms with Crippen molar-refractivity contribution in [1.29, 1.82) is 0 Å². The first-order valence-electron chi connectivity index (χ1n) is 9.85. The Morgan fingerprint density at radius 3 is 1.61 bits per heavy atom. The Balaban J connectivity index is 5.49. The minimum absolute atomic E-state index is 0.126. The molecule has 188 valence electrons. The molecule has 3 amide bonds. The fourth-order valence-electron chi connectivity index (χ4n) is 2.47. The molecule has 33 heavy (non-hydrogen) atoms. The van der Waals surface area contributed by atoms with E-state index in [4.69, 9.17) is 21.1 Å². The molecule has 0 heterocycles. The summed E-state index contributed by atoms with van der Waals surface area (Å²) in [5.41, 5.74) is 5.43. The second-order valence-electron chi connectivity index (χ2n) is 6.96. The largest absolute Gasteiger partial charge is 0.481 e. The van der Waals surface area contributed by atoms with Gasteiger partial charge in [0, 0.05) is 12.8 Å². The summed E-state index contributed by atoms with van der Waals surface area (Å²) >= 11 is 1.37. The van der Waals surface area contributed by atoms with Gasteiger partial charge in [-0.05, 0) is 31.3 Å². The van der Waals surface area contributed by atoms with Gasteiger partial charge in [-0.3, -0.25) is 24.0 Å². The average molecular weight is 495 g/mol. The van der Waals surface area contributed by atoms with Gasteiger partial charge in [0.1, 0.15) is 24.2 Å². The van der Waals surface area contributed by atoms with Gasteiger partial charge >= 0.3 is 17.9 Å². The van der Waals surface area contributed by atoms with Crippen molar-refractivity contribution < 1.29 is 49.2 Å².